The fraction of sp³-hybridized carbons (Fsp3) is 0.917. The third-order valence-corrected chi connectivity index (χ3v) is 4.01. The van der Waals surface area contributed by atoms with Gasteiger partial charge >= 0.3 is 0 Å². The second kappa shape index (κ2) is 7.96. The summed E-state index contributed by atoms with van der Waals surface area (Å²) in [5, 5.41) is 0. The predicted molar refractivity (Wildman–Crippen MR) is 68.8 cm³/mol. The lowest BCUT2D eigenvalue weighted by molar-refractivity contribution is -0.130. The van der Waals surface area contributed by atoms with Crippen molar-refractivity contribution in [2.75, 3.05) is 38.3 Å². The van der Waals surface area contributed by atoms with Crippen LogP contribution in [0.2, 0.25) is 0 Å². The third kappa shape index (κ3) is 4.74. The van der Waals surface area contributed by atoms with E-state index in [1.54, 1.807) is 18.9 Å². The maximum atomic E-state index is 11.9. The highest BCUT2D eigenvalue weighted by Gasteiger charge is 2.21. The van der Waals surface area contributed by atoms with Gasteiger partial charge in [0.05, 0.1) is 12.4 Å². The minimum absolute atomic E-state index is 0.305. The Morgan fingerprint density at radius 3 is 3.06 bits per heavy atom. The van der Waals surface area contributed by atoms with Crippen LogP contribution in [0.4, 0.5) is 0 Å². The molecular formula is C12H23NO2S. The summed E-state index contributed by atoms with van der Waals surface area (Å²) in [7, 11) is 1.69. The zero-order valence-corrected chi connectivity index (χ0v) is 11.2. The molecule has 0 aromatic heterocycles. The lowest BCUT2D eigenvalue weighted by atomic mass is 9.96. The molecule has 1 rings (SSSR count). The van der Waals surface area contributed by atoms with Gasteiger partial charge in [0.25, 0.3) is 0 Å². The molecule has 0 saturated carbocycles. The molecule has 4 heteroatoms. The number of nitrogens with zero attached hydrogens (tertiary/aromatic N) is 1. The molecule has 0 aromatic rings. The number of hydrogen-bond acceptors (Lipinski definition) is 3. The number of rotatable bonds is 6. The summed E-state index contributed by atoms with van der Waals surface area (Å²) in [6.45, 7) is 4.88. The quantitative estimate of drug-likeness (QED) is 0.671. The number of amides is 1. The van der Waals surface area contributed by atoms with E-state index < -0.39 is 0 Å². The van der Waals surface area contributed by atoms with E-state index in [0.717, 1.165) is 31.4 Å². The van der Waals surface area contributed by atoms with Crippen molar-refractivity contribution in [3.63, 3.8) is 0 Å². The van der Waals surface area contributed by atoms with Crippen LogP contribution in [-0.2, 0) is 9.53 Å². The van der Waals surface area contributed by atoms with E-state index in [1.165, 1.54) is 19.3 Å². The molecule has 0 N–H and O–H groups in total. The van der Waals surface area contributed by atoms with Gasteiger partial charge in [-0.15, -0.1) is 11.8 Å². The molecule has 0 aromatic carbocycles. The molecule has 1 atom stereocenters. The molecule has 0 bridgehead atoms. The Hall–Kier alpha value is -0.220. The van der Waals surface area contributed by atoms with Crippen molar-refractivity contribution < 1.29 is 9.53 Å². The van der Waals surface area contributed by atoms with Gasteiger partial charge in [-0.3, -0.25) is 4.79 Å². The molecule has 0 spiro atoms. The highest BCUT2D eigenvalue weighted by atomic mass is 32.2. The minimum Gasteiger partial charge on any atom is -0.384 e. The SMILES string of the molecule is CCC1CCCN(C(=O)CSCCOC)C1. The fourth-order valence-corrected chi connectivity index (χ4v) is 2.80. The van der Waals surface area contributed by atoms with E-state index in [0.29, 0.717) is 11.7 Å². The first-order valence-electron chi connectivity index (χ1n) is 6.12. The van der Waals surface area contributed by atoms with Crippen LogP contribution in [-0.4, -0.2) is 49.1 Å². The van der Waals surface area contributed by atoms with E-state index in [2.05, 4.69) is 6.92 Å². The van der Waals surface area contributed by atoms with Gasteiger partial charge in [0.2, 0.25) is 5.91 Å². The Morgan fingerprint density at radius 2 is 2.38 bits per heavy atom. The normalized spacial score (nSPS) is 21.1. The molecule has 94 valence electrons. The Kier molecular flexibility index (Phi) is 6.88. The Balaban J connectivity index is 2.19. The topological polar surface area (TPSA) is 29.5 Å². The van der Waals surface area contributed by atoms with Crippen LogP contribution in [0, 0.1) is 5.92 Å². The summed E-state index contributed by atoms with van der Waals surface area (Å²) in [6, 6.07) is 0. The zero-order chi connectivity index (χ0) is 11.8. The third-order valence-electron chi connectivity index (χ3n) is 3.11. The first-order valence-corrected chi connectivity index (χ1v) is 7.27. The molecule has 1 heterocycles. The molecule has 1 fully saturated rings. The summed E-state index contributed by atoms with van der Waals surface area (Å²) in [5.41, 5.74) is 0. The van der Waals surface area contributed by atoms with Gasteiger partial charge < -0.3 is 9.64 Å². The summed E-state index contributed by atoms with van der Waals surface area (Å²) >= 11 is 1.67. The minimum atomic E-state index is 0.305. The molecule has 0 radical (unpaired) electrons. The average Bonchev–Trinajstić information content (AvgIpc) is 2.34. The lowest BCUT2D eigenvalue weighted by Gasteiger charge is -2.32. The van der Waals surface area contributed by atoms with Gasteiger partial charge in [0.1, 0.15) is 0 Å². The lowest BCUT2D eigenvalue weighted by Crippen LogP contribution is -2.40. The monoisotopic (exact) mass is 245 g/mol. The number of hydrogen-bond donors (Lipinski definition) is 0. The van der Waals surface area contributed by atoms with Crippen molar-refractivity contribution in [2.24, 2.45) is 5.92 Å². The molecule has 1 aliphatic heterocycles. The van der Waals surface area contributed by atoms with Gasteiger partial charge in [-0.25, -0.2) is 0 Å². The van der Waals surface area contributed by atoms with E-state index in [9.17, 15) is 4.79 Å². The van der Waals surface area contributed by atoms with Crippen LogP contribution < -0.4 is 0 Å². The van der Waals surface area contributed by atoms with Gasteiger partial charge in [0.15, 0.2) is 0 Å². The number of ether oxygens (including phenoxy) is 1. The number of piperidine rings is 1. The molecule has 0 aliphatic carbocycles. The number of likely N-dealkylation sites (tertiary alicyclic amines) is 1. The number of carbonyl (C=O) groups excluding carboxylic acids is 1. The molecule has 3 nitrogen and oxygen atoms in total. The second-order valence-corrected chi connectivity index (χ2v) is 5.41. The van der Waals surface area contributed by atoms with Crippen molar-refractivity contribution in [2.45, 2.75) is 26.2 Å². The smallest absolute Gasteiger partial charge is 0.232 e. The number of carbonyl (C=O) groups is 1. The Morgan fingerprint density at radius 1 is 1.56 bits per heavy atom. The molecule has 16 heavy (non-hydrogen) atoms. The fourth-order valence-electron chi connectivity index (χ4n) is 2.02. The van der Waals surface area contributed by atoms with Crippen molar-refractivity contribution in [3.8, 4) is 0 Å². The van der Waals surface area contributed by atoms with E-state index in [4.69, 9.17) is 4.74 Å². The van der Waals surface area contributed by atoms with Crippen LogP contribution in [0.15, 0.2) is 0 Å². The summed E-state index contributed by atoms with van der Waals surface area (Å²) in [5.74, 6) is 2.55. The van der Waals surface area contributed by atoms with E-state index in [1.807, 2.05) is 4.90 Å². The predicted octanol–water partition coefficient (Wildman–Crippen LogP) is 2.01. The van der Waals surface area contributed by atoms with Crippen LogP contribution >= 0.6 is 11.8 Å². The van der Waals surface area contributed by atoms with Crippen molar-refractivity contribution in [1.82, 2.24) is 4.90 Å². The van der Waals surface area contributed by atoms with Crippen LogP contribution in [0.3, 0.4) is 0 Å². The summed E-state index contributed by atoms with van der Waals surface area (Å²) in [6.07, 6.45) is 3.66. The first-order chi connectivity index (χ1) is 7.77. The number of methoxy groups -OCH3 is 1. The van der Waals surface area contributed by atoms with E-state index in [-0.39, 0.29) is 0 Å². The maximum absolute atomic E-state index is 11.9. The van der Waals surface area contributed by atoms with Gasteiger partial charge in [-0.1, -0.05) is 13.3 Å². The first kappa shape index (κ1) is 13.8. The average molecular weight is 245 g/mol. The van der Waals surface area contributed by atoms with Gasteiger partial charge in [0, 0.05) is 26.0 Å². The highest BCUT2D eigenvalue weighted by Crippen LogP contribution is 2.19. The largest absolute Gasteiger partial charge is 0.384 e. The van der Waals surface area contributed by atoms with Crippen LogP contribution in [0.1, 0.15) is 26.2 Å². The Labute approximate surface area is 103 Å². The van der Waals surface area contributed by atoms with Crippen molar-refractivity contribution in [1.29, 1.82) is 0 Å². The Bertz CT molecular complexity index is 211. The summed E-state index contributed by atoms with van der Waals surface area (Å²) < 4.78 is 4.96. The molecule has 1 amide bonds. The highest BCUT2D eigenvalue weighted by molar-refractivity contribution is 7.99. The zero-order valence-electron chi connectivity index (χ0n) is 10.4. The molecule has 1 saturated heterocycles. The van der Waals surface area contributed by atoms with Crippen molar-refractivity contribution in [3.05, 3.63) is 0 Å². The maximum Gasteiger partial charge on any atom is 0.232 e. The standard InChI is InChI=1S/C12H23NO2S/c1-3-11-5-4-6-13(9-11)12(14)10-16-8-7-15-2/h11H,3-10H2,1-2H3. The van der Waals surface area contributed by atoms with Gasteiger partial charge in [-0.2, -0.15) is 0 Å². The second-order valence-electron chi connectivity index (χ2n) is 4.30. The van der Waals surface area contributed by atoms with Crippen LogP contribution in [0.5, 0.6) is 0 Å². The van der Waals surface area contributed by atoms with Gasteiger partial charge in [-0.05, 0) is 18.8 Å². The van der Waals surface area contributed by atoms with E-state index >= 15 is 0 Å². The molecule has 1 aliphatic rings. The molecular weight excluding hydrogens is 222 g/mol. The molecule has 1 unspecified atom stereocenters. The van der Waals surface area contributed by atoms with Crippen molar-refractivity contribution >= 4 is 17.7 Å². The summed E-state index contributed by atoms with van der Waals surface area (Å²) in [4.78, 5) is 13.9. The number of thioether (sulfide) groups is 1. The van der Waals surface area contributed by atoms with Crippen LogP contribution in [0.25, 0.3) is 0 Å².